The number of nitrogens with one attached hydrogen (secondary N) is 2. The zero-order valence-electron chi connectivity index (χ0n) is 36.7. The summed E-state index contributed by atoms with van der Waals surface area (Å²) in [5.74, 6) is 2.39. The summed E-state index contributed by atoms with van der Waals surface area (Å²) in [5, 5.41) is 24.1. The Morgan fingerprint density at radius 1 is 0.591 bits per heavy atom. The SMILES string of the molecule is COc1ccc2c(c1)C(c1ccc(Cl)cc1)=N[C@@H](CC(=O)CCCNC(=O)CCC(=O)CNC(=O)C[C@@H]1N=C(c3ccc(Cl)cc3)c3cc(OC)ccc3-n3c(C)nnc31)c1nnc(C)n1-2. The minimum Gasteiger partial charge on any atom is -0.497 e. The zero-order chi connectivity index (χ0) is 46.5. The van der Waals surface area contributed by atoms with E-state index in [-0.39, 0.29) is 62.7 Å². The Balaban J connectivity index is 0.838. The van der Waals surface area contributed by atoms with E-state index < -0.39 is 18.0 Å². The molecule has 0 fully saturated rings. The Hall–Kier alpha value is -7.04. The Bertz CT molecular complexity index is 2890. The van der Waals surface area contributed by atoms with Crippen molar-refractivity contribution in [1.82, 2.24) is 40.2 Å². The van der Waals surface area contributed by atoms with Crippen LogP contribution in [-0.2, 0) is 19.2 Å². The minimum absolute atomic E-state index is 0.0633. The van der Waals surface area contributed by atoms with Crippen LogP contribution in [0.3, 0.4) is 0 Å². The van der Waals surface area contributed by atoms with Crippen LogP contribution in [0.5, 0.6) is 11.5 Å². The molecule has 0 spiro atoms. The van der Waals surface area contributed by atoms with Gasteiger partial charge in [-0.2, -0.15) is 0 Å². The predicted molar refractivity (Wildman–Crippen MR) is 249 cm³/mol. The number of ether oxygens (including phenoxy) is 2. The first-order valence-corrected chi connectivity index (χ1v) is 22.1. The van der Waals surface area contributed by atoms with E-state index in [0.29, 0.717) is 62.7 Å². The highest BCUT2D eigenvalue weighted by molar-refractivity contribution is 6.31. The van der Waals surface area contributed by atoms with Crippen LogP contribution in [0.25, 0.3) is 11.4 Å². The number of fused-ring (bicyclic) bond motifs is 6. The number of nitrogens with zero attached hydrogens (tertiary/aromatic N) is 8. The maximum Gasteiger partial charge on any atom is 0.222 e. The van der Waals surface area contributed by atoms with Gasteiger partial charge >= 0.3 is 0 Å². The molecule has 338 valence electrons. The number of aryl methyl sites for hydroxylation is 2. The summed E-state index contributed by atoms with van der Waals surface area (Å²) >= 11 is 12.4. The number of aliphatic imine (C=N–C) groups is 2. The van der Waals surface area contributed by atoms with Crippen molar-refractivity contribution in [3.63, 3.8) is 0 Å². The number of hydrogen-bond donors (Lipinski definition) is 2. The van der Waals surface area contributed by atoms with Crippen LogP contribution in [0.2, 0.25) is 10.0 Å². The number of hydrogen-bond acceptors (Lipinski definition) is 12. The lowest BCUT2D eigenvalue weighted by Gasteiger charge is -2.14. The van der Waals surface area contributed by atoms with Crippen LogP contribution in [0.1, 0.15) is 96.2 Å². The third-order valence-electron chi connectivity index (χ3n) is 11.4. The summed E-state index contributed by atoms with van der Waals surface area (Å²) in [6, 6.07) is 24.5. The first kappa shape index (κ1) is 45.5. The molecule has 2 N–H and O–H groups in total. The van der Waals surface area contributed by atoms with Gasteiger partial charge in [0, 0.05) is 64.5 Å². The van der Waals surface area contributed by atoms with Gasteiger partial charge in [0.2, 0.25) is 11.8 Å². The number of benzene rings is 4. The van der Waals surface area contributed by atoms with Crippen LogP contribution < -0.4 is 20.1 Å². The molecule has 0 radical (unpaired) electrons. The molecule has 2 aliphatic heterocycles. The van der Waals surface area contributed by atoms with Crippen molar-refractivity contribution in [2.45, 2.75) is 64.5 Å². The molecule has 66 heavy (non-hydrogen) atoms. The number of halogens is 2. The van der Waals surface area contributed by atoms with Crippen LogP contribution in [0.15, 0.2) is 94.9 Å². The maximum atomic E-state index is 13.5. The van der Waals surface area contributed by atoms with E-state index in [1.165, 1.54) is 0 Å². The molecule has 18 heteroatoms. The number of rotatable bonds is 17. The van der Waals surface area contributed by atoms with E-state index in [0.717, 1.165) is 33.6 Å². The summed E-state index contributed by atoms with van der Waals surface area (Å²) in [6.45, 7) is 3.65. The lowest BCUT2D eigenvalue weighted by Crippen LogP contribution is -2.32. The second-order valence-electron chi connectivity index (χ2n) is 15.9. The van der Waals surface area contributed by atoms with E-state index in [1.54, 1.807) is 38.5 Å². The van der Waals surface area contributed by atoms with Crippen molar-refractivity contribution < 1.29 is 28.7 Å². The van der Waals surface area contributed by atoms with Gasteiger partial charge in [0.25, 0.3) is 0 Å². The molecule has 0 aliphatic carbocycles. The van der Waals surface area contributed by atoms with Gasteiger partial charge in [-0.1, -0.05) is 47.5 Å². The molecule has 2 aromatic heterocycles. The van der Waals surface area contributed by atoms with Crippen molar-refractivity contribution in [3.05, 3.63) is 141 Å². The Morgan fingerprint density at radius 3 is 1.59 bits per heavy atom. The molecule has 16 nitrogen and oxygen atoms in total. The summed E-state index contributed by atoms with van der Waals surface area (Å²) in [4.78, 5) is 62.7. The van der Waals surface area contributed by atoms with Crippen molar-refractivity contribution in [1.29, 1.82) is 0 Å². The smallest absolute Gasteiger partial charge is 0.222 e. The lowest BCUT2D eigenvalue weighted by molar-refractivity contribution is -0.127. The fourth-order valence-electron chi connectivity index (χ4n) is 8.06. The van der Waals surface area contributed by atoms with Crippen molar-refractivity contribution in [3.8, 4) is 22.9 Å². The molecule has 6 aromatic rings. The number of carbonyl (C=O) groups excluding carboxylic acids is 4. The van der Waals surface area contributed by atoms with Crippen molar-refractivity contribution in [2.75, 3.05) is 27.3 Å². The average molecular weight is 930 g/mol. The van der Waals surface area contributed by atoms with E-state index in [9.17, 15) is 19.2 Å². The molecule has 2 amide bonds. The number of ketones is 2. The summed E-state index contributed by atoms with van der Waals surface area (Å²) < 4.78 is 14.9. The topological polar surface area (TPSA) is 197 Å². The van der Waals surface area contributed by atoms with Gasteiger partial charge in [-0.15, -0.1) is 20.4 Å². The fraction of sp³-hybridized carbons (Fsp3) is 0.292. The number of methoxy groups -OCH3 is 2. The molecular weight excluding hydrogens is 883 g/mol. The van der Waals surface area contributed by atoms with E-state index in [4.69, 9.17) is 42.7 Å². The molecule has 0 saturated heterocycles. The van der Waals surface area contributed by atoms with Crippen LogP contribution in [-0.4, -0.2) is 91.6 Å². The second kappa shape index (κ2) is 20.0. The van der Waals surface area contributed by atoms with E-state index in [1.807, 2.05) is 83.6 Å². The predicted octanol–water partition coefficient (Wildman–Crippen LogP) is 6.98. The van der Waals surface area contributed by atoms with Crippen LogP contribution in [0, 0.1) is 13.8 Å². The quantitative estimate of drug-likeness (QED) is 0.0901. The van der Waals surface area contributed by atoms with Gasteiger partial charge in [0.05, 0.1) is 50.0 Å². The number of amides is 2. The van der Waals surface area contributed by atoms with Gasteiger partial charge in [-0.3, -0.25) is 38.3 Å². The van der Waals surface area contributed by atoms with Gasteiger partial charge in [0.15, 0.2) is 17.4 Å². The van der Waals surface area contributed by atoms with E-state index >= 15 is 0 Å². The van der Waals surface area contributed by atoms with E-state index in [2.05, 4.69) is 31.0 Å². The number of carbonyl (C=O) groups is 4. The monoisotopic (exact) mass is 928 g/mol. The molecule has 4 heterocycles. The summed E-state index contributed by atoms with van der Waals surface area (Å²) in [7, 11) is 3.18. The number of aromatic nitrogens is 6. The summed E-state index contributed by atoms with van der Waals surface area (Å²) in [6.07, 6.45) is 0.355. The van der Waals surface area contributed by atoms with Gasteiger partial charge in [0.1, 0.15) is 41.0 Å². The molecular formula is C48H46Cl2N10O6. The minimum atomic E-state index is -0.749. The van der Waals surface area contributed by atoms with Gasteiger partial charge in [-0.25, -0.2) is 0 Å². The normalized spacial score (nSPS) is 14.8. The highest BCUT2D eigenvalue weighted by Gasteiger charge is 2.32. The highest BCUT2D eigenvalue weighted by Crippen LogP contribution is 2.36. The Kier molecular flexibility index (Phi) is 13.8. The Morgan fingerprint density at radius 2 is 1.09 bits per heavy atom. The van der Waals surface area contributed by atoms with Crippen LogP contribution >= 0.6 is 23.2 Å². The molecule has 0 bridgehead atoms. The standard InChI is InChI=1S/C48H46Cl2N10O6/c1-27-55-57-47-39(53-45(29-7-11-31(49)12-8-29)37-23-35(65-3)16-18-41(37)59(27)47)22-33(61)6-5-21-51-43(63)20-15-34(62)26-52-44(64)25-40-48-58-56-28(2)60(48)42-19-17-36(66-4)24-38(42)46(54-40)30-9-13-32(50)14-10-30/h7-14,16-19,23-24,39-40H,5-6,15,20-22,25-26H2,1-4H3,(H,51,63)(H,52,64)/t39-,40-/m0/s1. The second-order valence-corrected chi connectivity index (χ2v) is 16.7. The molecule has 4 aromatic carbocycles. The Labute approximate surface area is 390 Å². The van der Waals surface area contributed by atoms with Gasteiger partial charge in [-0.05, 0) is 80.9 Å². The fourth-order valence-corrected chi connectivity index (χ4v) is 8.31. The first-order valence-electron chi connectivity index (χ1n) is 21.4. The third-order valence-corrected chi connectivity index (χ3v) is 11.9. The molecule has 0 unspecified atom stereocenters. The highest BCUT2D eigenvalue weighted by atomic mass is 35.5. The average Bonchev–Trinajstić information content (AvgIpc) is 3.82. The van der Waals surface area contributed by atoms with Crippen molar-refractivity contribution in [2.24, 2.45) is 9.98 Å². The summed E-state index contributed by atoms with van der Waals surface area (Å²) in [5.41, 5.74) is 6.00. The molecule has 2 aliphatic rings. The maximum absolute atomic E-state index is 13.5. The van der Waals surface area contributed by atoms with Crippen molar-refractivity contribution >= 4 is 58.0 Å². The molecule has 2 atom stereocenters. The molecule has 0 saturated carbocycles. The third kappa shape index (κ3) is 9.94. The van der Waals surface area contributed by atoms with Crippen LogP contribution in [0.4, 0.5) is 0 Å². The van der Waals surface area contributed by atoms with Gasteiger partial charge < -0.3 is 20.1 Å². The molecule has 8 rings (SSSR count). The zero-order valence-corrected chi connectivity index (χ0v) is 38.2. The first-order chi connectivity index (χ1) is 31.9. The largest absolute Gasteiger partial charge is 0.497 e. The number of Topliss-reactive ketones (excluding diaryl/α,β-unsaturated/α-hetero) is 2. The lowest BCUT2D eigenvalue weighted by atomic mass is 9.99.